The summed E-state index contributed by atoms with van der Waals surface area (Å²) < 4.78 is 61.0. The number of fused-ring (bicyclic) bond motifs is 3. The first-order chi connectivity index (χ1) is 16.5. The predicted octanol–water partition coefficient (Wildman–Crippen LogP) is 7.35. The Labute approximate surface area is 193 Å². The van der Waals surface area contributed by atoms with Crippen molar-refractivity contribution in [3.63, 3.8) is 0 Å². The summed E-state index contributed by atoms with van der Waals surface area (Å²) in [5.41, 5.74) is 0.718. The molecule has 0 saturated heterocycles. The molecule has 0 bridgehead atoms. The van der Waals surface area contributed by atoms with Gasteiger partial charge in [-0.2, -0.15) is 0 Å². The molecule has 0 atom stereocenters. The summed E-state index contributed by atoms with van der Waals surface area (Å²) in [6.07, 6.45) is 0. The van der Waals surface area contributed by atoms with Gasteiger partial charge in [0.15, 0.2) is 0 Å². The van der Waals surface area contributed by atoms with Crippen molar-refractivity contribution in [3.8, 4) is 23.7 Å². The highest BCUT2D eigenvalue weighted by Gasteiger charge is 2.20. The molecule has 4 heteroatoms. The second kappa shape index (κ2) is 8.77. The fraction of sp³-hybridized carbons (Fsp3) is 0. The Balaban J connectivity index is 1.77. The van der Waals surface area contributed by atoms with Gasteiger partial charge in [-0.15, -0.1) is 0 Å². The van der Waals surface area contributed by atoms with Crippen LogP contribution in [0, 0.1) is 47.0 Å². The third kappa shape index (κ3) is 3.87. The zero-order valence-electron chi connectivity index (χ0n) is 17.6. The smallest absolute Gasteiger partial charge is 0.147 e. The minimum absolute atomic E-state index is 0.165. The van der Waals surface area contributed by atoms with Gasteiger partial charge in [0.25, 0.3) is 0 Å². The lowest BCUT2D eigenvalue weighted by Crippen LogP contribution is -1.97. The average Bonchev–Trinajstić information content (AvgIpc) is 2.87. The van der Waals surface area contributed by atoms with Gasteiger partial charge in [0, 0.05) is 32.7 Å². The first kappa shape index (κ1) is 21.3. The van der Waals surface area contributed by atoms with Crippen molar-refractivity contribution >= 4 is 21.5 Å². The summed E-state index contributed by atoms with van der Waals surface area (Å²) in [5, 5.41) is -1.06. The number of benzene rings is 5. The second-order valence-corrected chi connectivity index (χ2v) is 7.58. The first-order valence-electron chi connectivity index (χ1n) is 10.4. The number of hydrogen-bond donors (Lipinski definition) is 0. The zero-order chi connectivity index (χ0) is 23.7. The van der Waals surface area contributed by atoms with Crippen molar-refractivity contribution in [1.82, 2.24) is 0 Å². The molecule has 0 aliphatic carbocycles. The maximum atomic E-state index is 15.6. The molecule has 5 aromatic carbocycles. The van der Waals surface area contributed by atoms with E-state index < -0.39 is 23.3 Å². The Morgan fingerprint density at radius 1 is 0.441 bits per heavy atom. The standard InChI is InChI=1S/C30H14F4/c31-25-17-21(13-11-19-7-3-1-4-8-19)29(33)27-23(25)15-16-24-26(32)18-22(30(34)28(24)27)14-12-20-9-5-2-6-10-20/h1-10,15-18H. The highest BCUT2D eigenvalue weighted by molar-refractivity contribution is 6.09. The maximum absolute atomic E-state index is 15.6. The summed E-state index contributed by atoms with van der Waals surface area (Å²) in [6.45, 7) is 0. The van der Waals surface area contributed by atoms with E-state index in [9.17, 15) is 8.78 Å². The van der Waals surface area contributed by atoms with E-state index >= 15 is 8.78 Å². The molecule has 0 aromatic heterocycles. The fourth-order valence-electron chi connectivity index (χ4n) is 3.77. The SMILES string of the molecule is Fc1cc(C#Cc2ccccc2)c(F)c2c1ccc1c(F)cc(C#Cc3ccccc3)c(F)c12. The molecule has 0 saturated carbocycles. The topological polar surface area (TPSA) is 0 Å². The van der Waals surface area contributed by atoms with Gasteiger partial charge in [-0.25, -0.2) is 17.6 Å². The van der Waals surface area contributed by atoms with Crippen LogP contribution < -0.4 is 0 Å². The quantitative estimate of drug-likeness (QED) is 0.131. The summed E-state index contributed by atoms with van der Waals surface area (Å²) >= 11 is 0. The molecule has 0 N–H and O–H groups in total. The summed E-state index contributed by atoms with van der Waals surface area (Å²) in [6, 6.07) is 22.0. The Morgan fingerprint density at radius 2 is 0.824 bits per heavy atom. The molecule has 0 fully saturated rings. The molecule has 0 heterocycles. The van der Waals surface area contributed by atoms with Crippen LogP contribution in [0.3, 0.4) is 0 Å². The predicted molar refractivity (Wildman–Crippen MR) is 126 cm³/mol. The Morgan fingerprint density at radius 3 is 1.21 bits per heavy atom. The Hall–Kier alpha value is -4.54. The fourth-order valence-corrected chi connectivity index (χ4v) is 3.77. The average molecular weight is 450 g/mol. The van der Waals surface area contributed by atoms with Crippen LogP contribution >= 0.6 is 0 Å². The van der Waals surface area contributed by atoms with Gasteiger partial charge < -0.3 is 0 Å². The Bertz CT molecular complexity index is 1550. The van der Waals surface area contributed by atoms with Crippen LogP contribution in [-0.4, -0.2) is 0 Å². The largest absolute Gasteiger partial charge is 0.206 e. The van der Waals surface area contributed by atoms with Crippen LogP contribution in [0.15, 0.2) is 84.9 Å². The number of hydrogen-bond acceptors (Lipinski definition) is 0. The highest BCUT2D eigenvalue weighted by atomic mass is 19.1. The van der Waals surface area contributed by atoms with Crippen LogP contribution in [0.4, 0.5) is 17.6 Å². The molecule has 5 rings (SSSR count). The van der Waals surface area contributed by atoms with E-state index in [0.29, 0.717) is 11.1 Å². The van der Waals surface area contributed by atoms with Gasteiger partial charge in [-0.3, -0.25) is 0 Å². The molecule has 0 aliphatic rings. The molecule has 34 heavy (non-hydrogen) atoms. The molecule has 0 aliphatic heterocycles. The molecule has 0 unspecified atom stereocenters. The van der Waals surface area contributed by atoms with Crippen molar-refractivity contribution in [2.45, 2.75) is 0 Å². The number of halogens is 4. The van der Waals surface area contributed by atoms with Crippen molar-refractivity contribution in [1.29, 1.82) is 0 Å². The molecule has 0 spiro atoms. The van der Waals surface area contributed by atoms with E-state index in [1.165, 1.54) is 12.1 Å². The van der Waals surface area contributed by atoms with Crippen LogP contribution in [0.5, 0.6) is 0 Å². The molecular weight excluding hydrogens is 436 g/mol. The summed E-state index contributed by atoms with van der Waals surface area (Å²) in [5.74, 6) is 7.37. The molecule has 5 aromatic rings. The van der Waals surface area contributed by atoms with E-state index in [0.717, 1.165) is 12.1 Å². The van der Waals surface area contributed by atoms with E-state index in [2.05, 4.69) is 23.7 Å². The number of rotatable bonds is 0. The lowest BCUT2D eigenvalue weighted by molar-refractivity contribution is 0.608. The van der Waals surface area contributed by atoms with Gasteiger partial charge in [0.2, 0.25) is 0 Å². The van der Waals surface area contributed by atoms with Gasteiger partial charge in [-0.05, 0) is 36.4 Å². The minimum Gasteiger partial charge on any atom is -0.206 e. The molecule has 162 valence electrons. The third-order valence-corrected chi connectivity index (χ3v) is 5.40. The monoisotopic (exact) mass is 450 g/mol. The lowest BCUT2D eigenvalue weighted by Gasteiger charge is -2.11. The van der Waals surface area contributed by atoms with Crippen molar-refractivity contribution in [3.05, 3.63) is 130 Å². The third-order valence-electron chi connectivity index (χ3n) is 5.40. The van der Waals surface area contributed by atoms with Gasteiger partial charge in [0.1, 0.15) is 23.3 Å². The van der Waals surface area contributed by atoms with E-state index in [-0.39, 0.29) is 32.7 Å². The normalized spacial score (nSPS) is 10.5. The lowest BCUT2D eigenvalue weighted by atomic mass is 9.96. The van der Waals surface area contributed by atoms with E-state index in [4.69, 9.17) is 0 Å². The van der Waals surface area contributed by atoms with E-state index in [1.54, 1.807) is 48.5 Å². The molecular formula is C30H14F4. The van der Waals surface area contributed by atoms with Crippen LogP contribution in [0.1, 0.15) is 22.3 Å². The Kier molecular flexibility index (Phi) is 5.50. The van der Waals surface area contributed by atoms with Crippen LogP contribution in [0.25, 0.3) is 21.5 Å². The molecule has 0 nitrogen and oxygen atoms in total. The molecule has 0 radical (unpaired) electrons. The highest BCUT2D eigenvalue weighted by Crippen LogP contribution is 2.35. The van der Waals surface area contributed by atoms with E-state index in [1.807, 2.05) is 12.1 Å². The van der Waals surface area contributed by atoms with Crippen LogP contribution in [-0.2, 0) is 0 Å². The first-order valence-corrected chi connectivity index (χ1v) is 10.4. The zero-order valence-corrected chi connectivity index (χ0v) is 17.6. The summed E-state index contributed by atoms with van der Waals surface area (Å²) in [4.78, 5) is 0. The van der Waals surface area contributed by atoms with Gasteiger partial charge in [-0.1, -0.05) is 72.2 Å². The van der Waals surface area contributed by atoms with Crippen molar-refractivity contribution in [2.24, 2.45) is 0 Å². The van der Waals surface area contributed by atoms with Gasteiger partial charge in [0.05, 0.1) is 11.1 Å². The second-order valence-electron chi connectivity index (χ2n) is 7.58. The maximum Gasteiger partial charge on any atom is 0.147 e. The minimum atomic E-state index is -0.920. The summed E-state index contributed by atoms with van der Waals surface area (Å²) in [7, 11) is 0. The van der Waals surface area contributed by atoms with Crippen molar-refractivity contribution in [2.75, 3.05) is 0 Å². The van der Waals surface area contributed by atoms with Crippen LogP contribution in [0.2, 0.25) is 0 Å². The molecule has 0 amide bonds. The van der Waals surface area contributed by atoms with Gasteiger partial charge >= 0.3 is 0 Å². The van der Waals surface area contributed by atoms with Crippen molar-refractivity contribution < 1.29 is 17.6 Å².